The summed E-state index contributed by atoms with van der Waals surface area (Å²) in [5, 5.41) is 3.53. The van der Waals surface area contributed by atoms with Gasteiger partial charge in [0.25, 0.3) is 0 Å². The molecule has 0 aliphatic rings. The van der Waals surface area contributed by atoms with Crippen molar-refractivity contribution in [3.8, 4) is 0 Å². The Morgan fingerprint density at radius 1 is 0.903 bits per heavy atom. The minimum Gasteiger partial charge on any atom is -0.324 e. The van der Waals surface area contributed by atoms with Crippen LogP contribution in [0, 0.1) is 13.8 Å². The van der Waals surface area contributed by atoms with Crippen molar-refractivity contribution < 1.29 is 13.2 Å². The number of halogens is 2. The van der Waals surface area contributed by atoms with E-state index in [0.717, 1.165) is 15.4 Å². The van der Waals surface area contributed by atoms with E-state index in [4.69, 9.17) is 23.2 Å². The van der Waals surface area contributed by atoms with Crippen molar-refractivity contribution in [3.63, 3.8) is 0 Å². The van der Waals surface area contributed by atoms with E-state index < -0.39 is 15.9 Å². The lowest BCUT2D eigenvalue weighted by Crippen LogP contribution is -2.37. The van der Waals surface area contributed by atoms with Crippen LogP contribution in [-0.2, 0) is 21.4 Å². The lowest BCUT2D eigenvalue weighted by atomic mass is 10.1. The van der Waals surface area contributed by atoms with E-state index in [1.165, 1.54) is 12.1 Å². The minimum atomic E-state index is -3.93. The molecule has 0 aliphatic carbocycles. The maximum absolute atomic E-state index is 13.3. The zero-order valence-electron chi connectivity index (χ0n) is 17.1. The third-order valence-corrected chi connectivity index (χ3v) is 7.33. The number of benzene rings is 3. The first kappa shape index (κ1) is 23.3. The fourth-order valence-electron chi connectivity index (χ4n) is 3.16. The molecule has 1 N–H and O–H groups in total. The summed E-state index contributed by atoms with van der Waals surface area (Å²) >= 11 is 12.1. The van der Waals surface area contributed by atoms with Crippen LogP contribution in [0.3, 0.4) is 0 Å². The number of amides is 1. The predicted molar refractivity (Wildman–Crippen MR) is 125 cm³/mol. The molecule has 0 fully saturated rings. The molecular weight excluding hydrogens is 455 g/mol. The van der Waals surface area contributed by atoms with Crippen molar-refractivity contribution in [3.05, 3.63) is 93.5 Å². The number of hydrogen-bond acceptors (Lipinski definition) is 3. The van der Waals surface area contributed by atoms with E-state index in [0.29, 0.717) is 21.3 Å². The van der Waals surface area contributed by atoms with E-state index in [1.807, 2.05) is 32.0 Å². The van der Waals surface area contributed by atoms with Crippen molar-refractivity contribution >= 4 is 44.8 Å². The molecule has 0 radical (unpaired) electrons. The number of sulfonamides is 1. The number of rotatable bonds is 7. The second kappa shape index (κ2) is 9.83. The highest BCUT2D eigenvalue weighted by Gasteiger charge is 2.27. The van der Waals surface area contributed by atoms with Gasteiger partial charge in [-0.25, -0.2) is 8.42 Å². The van der Waals surface area contributed by atoms with Gasteiger partial charge in [-0.2, -0.15) is 4.31 Å². The van der Waals surface area contributed by atoms with Gasteiger partial charge in [-0.15, -0.1) is 0 Å². The first-order chi connectivity index (χ1) is 14.7. The molecule has 3 aromatic carbocycles. The molecule has 0 spiro atoms. The van der Waals surface area contributed by atoms with Crippen LogP contribution < -0.4 is 5.32 Å². The van der Waals surface area contributed by atoms with E-state index in [2.05, 4.69) is 5.32 Å². The maximum Gasteiger partial charge on any atom is 0.243 e. The molecule has 0 saturated heterocycles. The first-order valence-electron chi connectivity index (χ1n) is 9.53. The summed E-state index contributed by atoms with van der Waals surface area (Å²) in [6, 6.07) is 18.6. The Morgan fingerprint density at radius 3 is 2.16 bits per heavy atom. The third-order valence-electron chi connectivity index (χ3n) is 4.79. The third kappa shape index (κ3) is 5.66. The summed E-state index contributed by atoms with van der Waals surface area (Å²) in [5.41, 5.74) is 3.10. The molecule has 1 amide bonds. The zero-order valence-corrected chi connectivity index (χ0v) is 19.4. The van der Waals surface area contributed by atoms with Gasteiger partial charge in [0, 0.05) is 12.2 Å². The highest BCUT2D eigenvalue weighted by atomic mass is 35.5. The predicted octanol–water partition coefficient (Wildman–Crippen LogP) is 5.44. The average molecular weight is 477 g/mol. The first-order valence-corrected chi connectivity index (χ1v) is 11.7. The summed E-state index contributed by atoms with van der Waals surface area (Å²) < 4.78 is 27.7. The smallest absolute Gasteiger partial charge is 0.243 e. The van der Waals surface area contributed by atoms with E-state index in [1.54, 1.807) is 36.4 Å². The number of carbonyl (C=O) groups excluding carboxylic acids is 1. The van der Waals surface area contributed by atoms with Crippen LogP contribution in [0.4, 0.5) is 5.69 Å². The van der Waals surface area contributed by atoms with Crippen LogP contribution in [0.1, 0.15) is 16.7 Å². The molecule has 0 aliphatic heterocycles. The lowest BCUT2D eigenvalue weighted by molar-refractivity contribution is -0.116. The number of anilines is 1. The van der Waals surface area contributed by atoms with Gasteiger partial charge in [-0.1, -0.05) is 65.7 Å². The normalized spacial score (nSPS) is 11.5. The Balaban J connectivity index is 1.91. The second-order valence-electron chi connectivity index (χ2n) is 7.15. The van der Waals surface area contributed by atoms with Crippen molar-refractivity contribution in [2.75, 3.05) is 11.9 Å². The fraction of sp³-hybridized carbons (Fsp3) is 0.174. The standard InChI is InChI=1S/C23H22Cl2N2O3S/c1-16-7-6-8-17(2)23(16)26-22(28)15-27(14-18-11-12-20(24)21(25)13-18)31(29,30)19-9-4-3-5-10-19/h3-13H,14-15H2,1-2H3,(H,26,28). The van der Waals surface area contributed by atoms with Gasteiger partial charge in [0.15, 0.2) is 0 Å². The quantitative estimate of drug-likeness (QED) is 0.493. The molecule has 3 aromatic rings. The maximum atomic E-state index is 13.3. The molecule has 0 unspecified atom stereocenters. The SMILES string of the molecule is Cc1cccc(C)c1NC(=O)CN(Cc1ccc(Cl)c(Cl)c1)S(=O)(=O)c1ccccc1. The molecule has 0 bridgehead atoms. The van der Waals surface area contributed by atoms with Gasteiger partial charge in [-0.05, 0) is 54.8 Å². The molecule has 8 heteroatoms. The lowest BCUT2D eigenvalue weighted by Gasteiger charge is -2.23. The van der Waals surface area contributed by atoms with Gasteiger partial charge < -0.3 is 5.32 Å². The van der Waals surface area contributed by atoms with Crippen molar-refractivity contribution in [1.29, 1.82) is 0 Å². The van der Waals surface area contributed by atoms with Gasteiger partial charge >= 0.3 is 0 Å². The Morgan fingerprint density at radius 2 is 1.55 bits per heavy atom. The Bertz CT molecular complexity index is 1180. The molecule has 5 nitrogen and oxygen atoms in total. The van der Waals surface area contributed by atoms with Crippen molar-refractivity contribution in [2.45, 2.75) is 25.3 Å². The number of hydrogen-bond donors (Lipinski definition) is 1. The Kier molecular flexibility index (Phi) is 7.38. The summed E-state index contributed by atoms with van der Waals surface area (Å²) in [4.78, 5) is 13.0. The number of para-hydroxylation sites is 1. The second-order valence-corrected chi connectivity index (χ2v) is 9.90. The number of nitrogens with one attached hydrogen (secondary N) is 1. The Hall–Kier alpha value is -2.38. The summed E-state index contributed by atoms with van der Waals surface area (Å²) in [6.45, 7) is 3.38. The minimum absolute atomic E-state index is 0.0334. The van der Waals surface area contributed by atoms with Gasteiger partial charge in [0.2, 0.25) is 15.9 Å². The molecular formula is C23H22Cl2N2O3S. The average Bonchev–Trinajstić information content (AvgIpc) is 2.73. The van der Waals surface area contributed by atoms with Crippen LogP contribution in [0.5, 0.6) is 0 Å². The van der Waals surface area contributed by atoms with Crippen LogP contribution in [0.2, 0.25) is 10.0 Å². The monoisotopic (exact) mass is 476 g/mol. The molecule has 0 atom stereocenters. The number of aryl methyl sites for hydroxylation is 2. The molecule has 0 heterocycles. The van der Waals surface area contributed by atoms with Gasteiger partial charge in [0.05, 0.1) is 21.5 Å². The van der Waals surface area contributed by atoms with Crippen molar-refractivity contribution in [1.82, 2.24) is 4.31 Å². The van der Waals surface area contributed by atoms with Crippen LogP contribution in [-0.4, -0.2) is 25.2 Å². The van der Waals surface area contributed by atoms with E-state index in [-0.39, 0.29) is 18.0 Å². The van der Waals surface area contributed by atoms with Gasteiger partial charge in [-0.3, -0.25) is 4.79 Å². The largest absolute Gasteiger partial charge is 0.324 e. The summed E-state index contributed by atoms with van der Waals surface area (Å²) in [6.07, 6.45) is 0. The zero-order chi connectivity index (χ0) is 22.6. The summed E-state index contributed by atoms with van der Waals surface area (Å²) in [5.74, 6) is -0.433. The molecule has 0 saturated carbocycles. The fourth-order valence-corrected chi connectivity index (χ4v) is 4.89. The van der Waals surface area contributed by atoms with E-state index in [9.17, 15) is 13.2 Å². The van der Waals surface area contributed by atoms with Crippen LogP contribution in [0.15, 0.2) is 71.6 Å². The number of carbonyl (C=O) groups is 1. The summed E-state index contributed by atoms with van der Waals surface area (Å²) in [7, 11) is -3.93. The molecule has 3 rings (SSSR count). The van der Waals surface area contributed by atoms with Gasteiger partial charge in [0.1, 0.15) is 0 Å². The molecule has 31 heavy (non-hydrogen) atoms. The topological polar surface area (TPSA) is 66.5 Å². The number of nitrogens with zero attached hydrogens (tertiary/aromatic N) is 1. The Labute approximate surface area is 192 Å². The van der Waals surface area contributed by atoms with E-state index >= 15 is 0 Å². The van der Waals surface area contributed by atoms with Crippen LogP contribution >= 0.6 is 23.2 Å². The highest BCUT2D eigenvalue weighted by Crippen LogP contribution is 2.25. The van der Waals surface area contributed by atoms with Crippen LogP contribution in [0.25, 0.3) is 0 Å². The molecule has 0 aromatic heterocycles. The van der Waals surface area contributed by atoms with Crippen molar-refractivity contribution in [2.24, 2.45) is 0 Å². The highest BCUT2D eigenvalue weighted by molar-refractivity contribution is 7.89. The molecule has 162 valence electrons.